The maximum absolute atomic E-state index is 12.2. The maximum Gasteiger partial charge on any atom is 0.410 e. The molecule has 2 atom stereocenters. The predicted molar refractivity (Wildman–Crippen MR) is 96.2 cm³/mol. The minimum atomic E-state index is -0.315. The van der Waals surface area contributed by atoms with E-state index in [1.165, 1.54) is 18.1 Å². The molecule has 0 unspecified atom stereocenters. The van der Waals surface area contributed by atoms with E-state index in [4.69, 9.17) is 9.26 Å². The second kappa shape index (κ2) is 6.71. The van der Waals surface area contributed by atoms with Gasteiger partial charge in [-0.1, -0.05) is 20.8 Å². The number of methoxy groups -OCH3 is 1. The van der Waals surface area contributed by atoms with Gasteiger partial charge in [0, 0.05) is 28.3 Å². The van der Waals surface area contributed by atoms with Crippen LogP contribution >= 0.6 is 11.3 Å². The quantitative estimate of drug-likeness (QED) is 0.873. The van der Waals surface area contributed by atoms with Gasteiger partial charge in [-0.3, -0.25) is 4.79 Å². The lowest BCUT2D eigenvalue weighted by molar-refractivity contribution is 0.0825. The van der Waals surface area contributed by atoms with Crippen molar-refractivity contribution in [2.75, 3.05) is 13.7 Å². The van der Waals surface area contributed by atoms with Crippen LogP contribution in [0.3, 0.4) is 0 Å². The van der Waals surface area contributed by atoms with E-state index in [2.05, 4.69) is 38.1 Å². The molecule has 0 aromatic carbocycles. The van der Waals surface area contributed by atoms with Gasteiger partial charge in [0.1, 0.15) is 5.76 Å². The summed E-state index contributed by atoms with van der Waals surface area (Å²) in [5.41, 5.74) is -0.159. The van der Waals surface area contributed by atoms with Crippen LogP contribution in [0.25, 0.3) is 0 Å². The van der Waals surface area contributed by atoms with Crippen molar-refractivity contribution in [3.05, 3.63) is 44.1 Å². The molecule has 6 nitrogen and oxygen atoms in total. The zero-order valence-electron chi connectivity index (χ0n) is 15.0. The highest BCUT2D eigenvalue weighted by molar-refractivity contribution is 7.12. The van der Waals surface area contributed by atoms with Crippen molar-refractivity contribution in [1.82, 2.24) is 10.1 Å². The van der Waals surface area contributed by atoms with Gasteiger partial charge in [-0.25, -0.2) is 4.79 Å². The number of thiophene rings is 1. The number of rotatable bonds is 2. The summed E-state index contributed by atoms with van der Waals surface area (Å²) in [6.07, 6.45) is 1.13. The van der Waals surface area contributed by atoms with Crippen molar-refractivity contribution >= 4 is 17.4 Å². The number of H-pyrrole nitrogens is 1. The summed E-state index contributed by atoms with van der Waals surface area (Å²) in [4.78, 5) is 27.8. The van der Waals surface area contributed by atoms with Crippen LogP contribution in [0.2, 0.25) is 0 Å². The van der Waals surface area contributed by atoms with Crippen molar-refractivity contribution in [3.63, 3.8) is 0 Å². The number of carbonyl (C=O) groups is 1. The summed E-state index contributed by atoms with van der Waals surface area (Å²) in [5, 5.41) is 2.36. The average Bonchev–Trinajstić information content (AvgIpc) is 3.22. The lowest BCUT2D eigenvalue weighted by Gasteiger charge is -2.37. The number of ether oxygens (including phenoxy) is 1. The van der Waals surface area contributed by atoms with E-state index in [1.807, 2.05) is 0 Å². The third-order valence-corrected chi connectivity index (χ3v) is 6.26. The molecule has 3 heterocycles. The molecule has 1 N–H and O–H groups in total. The Morgan fingerprint density at radius 3 is 2.72 bits per heavy atom. The van der Waals surface area contributed by atoms with Gasteiger partial charge in [-0.2, -0.15) is 5.16 Å². The highest BCUT2D eigenvalue weighted by Crippen LogP contribution is 2.43. The molecule has 136 valence electrons. The van der Waals surface area contributed by atoms with Crippen LogP contribution in [-0.2, 0) is 10.2 Å². The molecular weight excluding hydrogens is 340 g/mol. The van der Waals surface area contributed by atoms with Gasteiger partial charge in [-0.15, -0.1) is 11.3 Å². The van der Waals surface area contributed by atoms with Crippen molar-refractivity contribution in [2.24, 2.45) is 0 Å². The third kappa shape index (κ3) is 3.66. The number of nitrogens with one attached hydrogen (secondary N) is 1. The number of likely N-dealkylation sites (tertiary alicyclic amines) is 1. The van der Waals surface area contributed by atoms with E-state index in [1.54, 1.807) is 16.2 Å². The molecule has 7 heteroatoms. The Bertz CT molecular complexity index is 798. The van der Waals surface area contributed by atoms with Gasteiger partial charge < -0.3 is 14.2 Å². The summed E-state index contributed by atoms with van der Waals surface area (Å²) in [7, 11) is 1.41. The minimum Gasteiger partial charge on any atom is -0.453 e. The molecular formula is C18H24N2O4S. The lowest BCUT2D eigenvalue weighted by atomic mass is 9.88. The third-order valence-electron chi connectivity index (χ3n) is 4.65. The first-order valence-corrected chi connectivity index (χ1v) is 9.24. The number of piperidine rings is 1. The number of amides is 1. The number of hydrogen-bond acceptors (Lipinski definition) is 5. The van der Waals surface area contributed by atoms with Gasteiger partial charge in [-0.05, 0) is 30.4 Å². The zero-order valence-corrected chi connectivity index (χ0v) is 15.8. The molecule has 0 aliphatic carbocycles. The summed E-state index contributed by atoms with van der Waals surface area (Å²) >= 11 is 1.73. The van der Waals surface area contributed by atoms with E-state index in [0.717, 1.165) is 11.3 Å². The van der Waals surface area contributed by atoms with E-state index in [9.17, 15) is 9.59 Å². The van der Waals surface area contributed by atoms with Crippen molar-refractivity contribution in [2.45, 2.75) is 51.0 Å². The molecule has 0 saturated carbocycles. The molecule has 3 rings (SSSR count). The Hall–Kier alpha value is -2.02. The Morgan fingerprint density at radius 1 is 1.40 bits per heavy atom. The second-order valence-corrected chi connectivity index (χ2v) is 8.58. The number of aromatic amines is 1. The van der Waals surface area contributed by atoms with Crippen LogP contribution in [0.4, 0.5) is 4.79 Å². The fourth-order valence-electron chi connectivity index (χ4n) is 3.26. The highest BCUT2D eigenvalue weighted by Gasteiger charge is 2.36. The second-order valence-electron chi connectivity index (χ2n) is 7.47. The van der Waals surface area contributed by atoms with Crippen molar-refractivity contribution in [3.8, 4) is 0 Å². The van der Waals surface area contributed by atoms with Gasteiger partial charge >= 0.3 is 6.09 Å². The Morgan fingerprint density at radius 2 is 2.16 bits per heavy atom. The number of hydrogen-bond donors (Lipinski definition) is 1. The molecule has 2 aromatic rings. The Balaban J connectivity index is 1.90. The molecule has 0 bridgehead atoms. The van der Waals surface area contributed by atoms with E-state index in [0.29, 0.717) is 18.7 Å². The first-order valence-electron chi connectivity index (χ1n) is 8.43. The van der Waals surface area contributed by atoms with E-state index in [-0.39, 0.29) is 29.0 Å². The van der Waals surface area contributed by atoms with E-state index < -0.39 is 0 Å². The van der Waals surface area contributed by atoms with Crippen LogP contribution in [0.5, 0.6) is 0 Å². The minimum absolute atomic E-state index is 0.0700. The van der Waals surface area contributed by atoms with Gasteiger partial charge in [0.2, 0.25) is 0 Å². The lowest BCUT2D eigenvalue weighted by Crippen LogP contribution is -2.40. The number of aromatic nitrogens is 1. The average molecular weight is 364 g/mol. The molecule has 1 amide bonds. The Labute approximate surface area is 150 Å². The number of carbonyl (C=O) groups excluding carboxylic acids is 1. The van der Waals surface area contributed by atoms with Crippen LogP contribution in [-0.4, -0.2) is 29.8 Å². The van der Waals surface area contributed by atoms with Gasteiger partial charge in [0.15, 0.2) is 0 Å². The van der Waals surface area contributed by atoms with Crippen molar-refractivity contribution < 1.29 is 14.1 Å². The summed E-state index contributed by atoms with van der Waals surface area (Å²) in [5.74, 6) is 0.761. The largest absolute Gasteiger partial charge is 0.453 e. The van der Waals surface area contributed by atoms with Gasteiger partial charge in [0.25, 0.3) is 5.56 Å². The Kier molecular flexibility index (Phi) is 4.77. The van der Waals surface area contributed by atoms with Crippen LogP contribution in [0.1, 0.15) is 61.1 Å². The molecule has 1 aliphatic heterocycles. The normalized spacial score (nSPS) is 21.4. The fraction of sp³-hybridized carbons (Fsp3) is 0.556. The summed E-state index contributed by atoms with van der Waals surface area (Å²) in [6.45, 7) is 7.11. The molecule has 1 fully saturated rings. The zero-order chi connectivity index (χ0) is 18.2. The van der Waals surface area contributed by atoms with Gasteiger partial charge in [0.05, 0.1) is 13.2 Å². The molecule has 2 aromatic heterocycles. The first kappa shape index (κ1) is 17.8. The smallest absolute Gasteiger partial charge is 0.410 e. The molecule has 25 heavy (non-hydrogen) atoms. The topological polar surface area (TPSA) is 75.5 Å². The highest BCUT2D eigenvalue weighted by atomic mass is 32.1. The fourth-order valence-corrected chi connectivity index (χ4v) is 4.45. The molecule has 1 aliphatic rings. The standard InChI is InChI=1S/C18H24N2O4S/c1-18(2,3)15-6-5-14(25-15)12-9-11(13-10-16(21)19-24-13)7-8-20(12)17(22)23-4/h5-6,10-12H,7-9H2,1-4H3,(H,19,21)/t11-,12+/m1/s1. The van der Waals surface area contributed by atoms with E-state index >= 15 is 0 Å². The first-order chi connectivity index (χ1) is 11.8. The SMILES string of the molecule is COC(=O)N1CC[C@@H](c2cc(=O)[nH]o2)C[C@H]1c1ccc(C(C)(C)C)s1. The molecule has 0 spiro atoms. The molecule has 1 saturated heterocycles. The molecule has 0 radical (unpaired) electrons. The monoisotopic (exact) mass is 364 g/mol. The van der Waals surface area contributed by atoms with Crippen LogP contribution in [0, 0.1) is 0 Å². The van der Waals surface area contributed by atoms with Crippen LogP contribution in [0.15, 0.2) is 27.5 Å². The van der Waals surface area contributed by atoms with Crippen LogP contribution < -0.4 is 5.56 Å². The maximum atomic E-state index is 12.2. The number of nitrogens with zero attached hydrogens (tertiary/aromatic N) is 1. The summed E-state index contributed by atoms with van der Waals surface area (Å²) < 4.78 is 10.3. The summed E-state index contributed by atoms with van der Waals surface area (Å²) in [6, 6.07) is 5.66. The van der Waals surface area contributed by atoms with Crippen molar-refractivity contribution in [1.29, 1.82) is 0 Å². The predicted octanol–water partition coefficient (Wildman–Crippen LogP) is 4.01.